The summed E-state index contributed by atoms with van der Waals surface area (Å²) in [6.07, 6.45) is 0. The molecule has 0 N–H and O–H groups in total. The van der Waals surface area contributed by atoms with Gasteiger partial charge in [0.2, 0.25) is 0 Å². The average Bonchev–Trinajstić information content (AvgIpc) is 3.30. The lowest BCUT2D eigenvalue weighted by molar-refractivity contribution is -0.134. The summed E-state index contributed by atoms with van der Waals surface area (Å²) in [6.45, 7) is 2.87. The van der Waals surface area contributed by atoms with Crippen molar-refractivity contribution >= 4 is 46.2 Å². The zero-order valence-electron chi connectivity index (χ0n) is 20.2. The summed E-state index contributed by atoms with van der Waals surface area (Å²) in [6, 6.07) is 16.3. The second-order valence-electron chi connectivity index (χ2n) is 8.57. The molecule has 0 saturated heterocycles. The van der Waals surface area contributed by atoms with Gasteiger partial charge in [-0.25, -0.2) is 4.79 Å². The van der Waals surface area contributed by atoms with Crippen LogP contribution in [0.2, 0.25) is 5.02 Å². The molecule has 1 aliphatic rings. The molecule has 0 aliphatic carbocycles. The average molecular weight is 517 g/mol. The third-order valence-electron chi connectivity index (χ3n) is 6.42. The summed E-state index contributed by atoms with van der Waals surface area (Å²) in [5.41, 5.74) is 2.42. The number of rotatable bonds is 5. The minimum absolute atomic E-state index is 0.148. The molecule has 0 atom stereocenters. The predicted molar refractivity (Wildman–Crippen MR) is 137 cm³/mol. The van der Waals surface area contributed by atoms with Crippen LogP contribution in [0.4, 0.5) is 0 Å². The maximum Gasteiger partial charge on any atom is 0.331 e. The molecule has 186 valence electrons. The smallest absolute Gasteiger partial charge is 0.331 e. The molecule has 0 spiro atoms. The Bertz CT molecular complexity index is 1590. The highest BCUT2D eigenvalue weighted by Gasteiger charge is 2.37. The van der Waals surface area contributed by atoms with Crippen LogP contribution in [0.15, 0.2) is 60.7 Å². The van der Waals surface area contributed by atoms with Gasteiger partial charge < -0.3 is 9.47 Å². The summed E-state index contributed by atoms with van der Waals surface area (Å²) in [7, 11) is 1.52. The van der Waals surface area contributed by atoms with E-state index in [4.69, 9.17) is 21.1 Å². The first-order valence-electron chi connectivity index (χ1n) is 11.4. The van der Waals surface area contributed by atoms with Crippen LogP contribution in [0, 0.1) is 13.8 Å². The fraction of sp³-hybridized carbons (Fsp3) is 0.143. The molecule has 1 aliphatic heterocycles. The third kappa shape index (κ3) is 3.95. The third-order valence-corrected chi connectivity index (χ3v) is 6.67. The second-order valence-corrected chi connectivity index (χ2v) is 9.00. The Morgan fingerprint density at radius 3 is 2.11 bits per heavy atom. The van der Waals surface area contributed by atoms with E-state index in [-0.39, 0.29) is 22.8 Å². The van der Waals surface area contributed by atoms with Crippen molar-refractivity contribution in [2.45, 2.75) is 13.8 Å². The number of amides is 2. The number of esters is 1. The maximum atomic E-state index is 13.5. The van der Waals surface area contributed by atoms with Crippen LogP contribution < -0.4 is 9.47 Å². The van der Waals surface area contributed by atoms with E-state index in [1.165, 1.54) is 23.8 Å². The van der Waals surface area contributed by atoms with Gasteiger partial charge in [0.1, 0.15) is 12.3 Å². The number of nitrogens with zero attached hydrogens (tertiary/aromatic N) is 2. The van der Waals surface area contributed by atoms with E-state index in [1.54, 1.807) is 62.4 Å². The van der Waals surface area contributed by atoms with Gasteiger partial charge in [0.05, 0.1) is 29.4 Å². The van der Waals surface area contributed by atoms with E-state index >= 15 is 0 Å². The standard InChI is InChI=1S/C28H21ClN2O6/c1-15-22(36-3)13-12-21-24(15)25(16(2)31(21)26(33)17-8-10-18(29)11-9-17)37-23(32)14-30-27(34)19-6-4-5-7-20(19)28(30)35/h4-13H,14H2,1-3H3. The molecule has 9 heteroatoms. The molecule has 4 aromatic rings. The number of carbonyl (C=O) groups is 4. The molecular weight excluding hydrogens is 496 g/mol. The highest BCUT2D eigenvalue weighted by molar-refractivity contribution is 6.30. The number of aromatic nitrogens is 1. The zero-order valence-corrected chi connectivity index (χ0v) is 21.0. The van der Waals surface area contributed by atoms with Crippen LogP contribution in [0.5, 0.6) is 11.5 Å². The van der Waals surface area contributed by atoms with Gasteiger partial charge in [-0.2, -0.15) is 0 Å². The van der Waals surface area contributed by atoms with Gasteiger partial charge in [-0.05, 0) is 62.4 Å². The Labute approximate surface area is 216 Å². The maximum absolute atomic E-state index is 13.5. The molecule has 0 bridgehead atoms. The van der Waals surface area contributed by atoms with E-state index < -0.39 is 24.3 Å². The number of imide groups is 1. The van der Waals surface area contributed by atoms with E-state index in [2.05, 4.69) is 0 Å². The molecule has 0 radical (unpaired) electrons. The predicted octanol–water partition coefficient (Wildman–Crippen LogP) is 4.81. The number of ether oxygens (including phenoxy) is 2. The number of aryl methyl sites for hydroxylation is 1. The molecule has 0 saturated carbocycles. The van der Waals surface area contributed by atoms with Crippen LogP contribution >= 0.6 is 11.6 Å². The number of halogens is 1. The van der Waals surface area contributed by atoms with Gasteiger partial charge in [-0.1, -0.05) is 23.7 Å². The van der Waals surface area contributed by atoms with Gasteiger partial charge in [0.15, 0.2) is 5.75 Å². The summed E-state index contributed by atoms with van der Waals surface area (Å²) in [5, 5.41) is 1.00. The highest BCUT2D eigenvalue weighted by Crippen LogP contribution is 2.39. The summed E-state index contributed by atoms with van der Waals surface area (Å²) >= 11 is 5.98. The minimum atomic E-state index is -0.821. The van der Waals surface area contributed by atoms with Gasteiger partial charge >= 0.3 is 5.97 Å². The van der Waals surface area contributed by atoms with Crippen molar-refractivity contribution in [3.05, 3.63) is 93.6 Å². The number of hydrogen-bond acceptors (Lipinski definition) is 6. The largest absolute Gasteiger partial charge is 0.496 e. The molecule has 3 aromatic carbocycles. The van der Waals surface area contributed by atoms with Crippen LogP contribution in [-0.2, 0) is 4.79 Å². The molecule has 1 aromatic heterocycles. The van der Waals surface area contributed by atoms with E-state index in [1.807, 2.05) is 0 Å². The van der Waals surface area contributed by atoms with Crippen molar-refractivity contribution in [1.82, 2.24) is 9.47 Å². The fourth-order valence-electron chi connectivity index (χ4n) is 4.60. The van der Waals surface area contributed by atoms with Crippen LogP contribution in [0.25, 0.3) is 10.9 Å². The lowest BCUT2D eigenvalue weighted by atomic mass is 10.1. The quantitative estimate of drug-likeness (QED) is 0.279. The first-order chi connectivity index (χ1) is 17.7. The van der Waals surface area contributed by atoms with Crippen molar-refractivity contribution in [3.63, 3.8) is 0 Å². The van der Waals surface area contributed by atoms with Crippen LogP contribution in [0.3, 0.4) is 0 Å². The Balaban J connectivity index is 1.54. The van der Waals surface area contributed by atoms with Gasteiger partial charge in [0, 0.05) is 21.5 Å². The second kappa shape index (κ2) is 9.22. The topological polar surface area (TPSA) is 94.9 Å². The Hall–Kier alpha value is -4.43. The lowest BCUT2D eigenvalue weighted by Gasteiger charge is -2.13. The van der Waals surface area contributed by atoms with Crippen LogP contribution in [-0.4, -0.2) is 46.8 Å². The highest BCUT2D eigenvalue weighted by atomic mass is 35.5. The number of fused-ring (bicyclic) bond motifs is 2. The first-order valence-corrected chi connectivity index (χ1v) is 11.8. The van der Waals surface area contributed by atoms with Crippen molar-refractivity contribution in [3.8, 4) is 11.5 Å². The monoisotopic (exact) mass is 516 g/mol. The molecular formula is C28H21ClN2O6. The molecule has 8 nitrogen and oxygen atoms in total. The molecule has 0 unspecified atom stereocenters. The Kier molecular flexibility index (Phi) is 6.05. The number of benzene rings is 3. The molecule has 5 rings (SSSR count). The number of methoxy groups -OCH3 is 1. The van der Waals surface area contributed by atoms with Gasteiger partial charge in [-0.3, -0.25) is 23.9 Å². The van der Waals surface area contributed by atoms with Crippen molar-refractivity contribution < 1.29 is 28.7 Å². The normalized spacial score (nSPS) is 12.7. The van der Waals surface area contributed by atoms with Gasteiger partial charge in [0.25, 0.3) is 17.7 Å². The Morgan fingerprint density at radius 1 is 0.892 bits per heavy atom. The molecule has 2 amide bonds. The van der Waals surface area contributed by atoms with E-state index in [0.717, 1.165) is 4.90 Å². The summed E-state index contributed by atoms with van der Waals surface area (Å²) in [4.78, 5) is 52.8. The fourth-order valence-corrected chi connectivity index (χ4v) is 4.73. The Morgan fingerprint density at radius 2 is 1.51 bits per heavy atom. The zero-order chi connectivity index (χ0) is 26.4. The number of hydrogen-bond donors (Lipinski definition) is 0. The minimum Gasteiger partial charge on any atom is -0.496 e. The summed E-state index contributed by atoms with van der Waals surface area (Å²) in [5.74, 6) is -1.60. The van der Waals surface area contributed by atoms with Crippen molar-refractivity contribution in [1.29, 1.82) is 0 Å². The molecule has 0 fully saturated rings. The van der Waals surface area contributed by atoms with E-state index in [9.17, 15) is 19.2 Å². The molecule has 2 heterocycles. The SMILES string of the molecule is COc1ccc2c(c1C)c(OC(=O)CN1C(=O)c3ccccc3C1=O)c(C)n2C(=O)c1ccc(Cl)cc1. The van der Waals surface area contributed by atoms with Crippen molar-refractivity contribution in [2.24, 2.45) is 0 Å². The lowest BCUT2D eigenvalue weighted by Crippen LogP contribution is -2.36. The number of carbonyl (C=O) groups excluding carboxylic acids is 4. The van der Waals surface area contributed by atoms with E-state index in [0.29, 0.717) is 38.5 Å². The summed E-state index contributed by atoms with van der Waals surface area (Å²) < 4.78 is 12.6. The van der Waals surface area contributed by atoms with Crippen LogP contribution in [0.1, 0.15) is 42.3 Å². The first kappa shape index (κ1) is 24.3. The van der Waals surface area contributed by atoms with Gasteiger partial charge in [-0.15, -0.1) is 0 Å². The molecule has 37 heavy (non-hydrogen) atoms. The van der Waals surface area contributed by atoms with Crippen molar-refractivity contribution in [2.75, 3.05) is 13.7 Å².